The van der Waals surface area contributed by atoms with E-state index in [9.17, 15) is 0 Å². The molecule has 1 fully saturated rings. The van der Waals surface area contributed by atoms with Gasteiger partial charge in [-0.2, -0.15) is 0 Å². The molecule has 0 spiro atoms. The Labute approximate surface area is 129 Å². The molecule has 0 saturated heterocycles. The first-order valence-corrected chi connectivity index (χ1v) is 8.07. The van der Waals surface area contributed by atoms with Crippen molar-refractivity contribution >= 4 is 0 Å². The van der Waals surface area contributed by atoms with Crippen LogP contribution in [0.3, 0.4) is 0 Å². The van der Waals surface area contributed by atoms with E-state index in [1.165, 1.54) is 24.8 Å². The molecule has 118 valence electrons. The van der Waals surface area contributed by atoms with Crippen molar-refractivity contribution in [1.29, 1.82) is 0 Å². The summed E-state index contributed by atoms with van der Waals surface area (Å²) in [4.78, 5) is 2.48. The van der Waals surface area contributed by atoms with Gasteiger partial charge in [0.15, 0.2) is 0 Å². The third-order valence-corrected chi connectivity index (χ3v) is 5.66. The van der Waals surface area contributed by atoms with Gasteiger partial charge >= 0.3 is 0 Å². The Hall–Kier alpha value is -1.06. The Morgan fingerprint density at radius 1 is 1.29 bits per heavy atom. The minimum absolute atomic E-state index is 0.137. The van der Waals surface area contributed by atoms with Crippen molar-refractivity contribution < 1.29 is 4.74 Å². The van der Waals surface area contributed by atoms with Crippen LogP contribution in [0.5, 0.6) is 5.75 Å². The zero-order valence-corrected chi connectivity index (χ0v) is 13.9. The van der Waals surface area contributed by atoms with E-state index in [2.05, 4.69) is 37.9 Å². The third kappa shape index (κ3) is 3.24. The summed E-state index contributed by atoms with van der Waals surface area (Å²) >= 11 is 0. The average Bonchev–Trinajstić information content (AvgIpc) is 2.51. The molecule has 0 aromatic heterocycles. The van der Waals surface area contributed by atoms with Crippen molar-refractivity contribution in [2.45, 2.75) is 45.2 Å². The summed E-state index contributed by atoms with van der Waals surface area (Å²) in [7, 11) is 3.93. The molecule has 0 heterocycles. The molecule has 2 rings (SSSR count). The number of rotatable bonds is 5. The molecule has 1 aliphatic carbocycles. The Bertz CT molecular complexity index is 445. The van der Waals surface area contributed by atoms with Gasteiger partial charge in [0.1, 0.15) is 5.75 Å². The molecule has 0 aliphatic heterocycles. The second-order valence-corrected chi connectivity index (χ2v) is 6.67. The minimum Gasteiger partial charge on any atom is -0.497 e. The van der Waals surface area contributed by atoms with Crippen LogP contribution < -0.4 is 10.5 Å². The van der Waals surface area contributed by atoms with Crippen molar-refractivity contribution in [2.75, 3.05) is 20.7 Å². The van der Waals surface area contributed by atoms with Crippen molar-refractivity contribution in [1.82, 2.24) is 4.90 Å². The van der Waals surface area contributed by atoms with Crippen molar-refractivity contribution in [2.24, 2.45) is 17.6 Å². The molecule has 0 amide bonds. The van der Waals surface area contributed by atoms with Crippen LogP contribution in [0.2, 0.25) is 0 Å². The second kappa shape index (κ2) is 6.80. The molecule has 2 N–H and O–H groups in total. The van der Waals surface area contributed by atoms with E-state index < -0.39 is 0 Å². The van der Waals surface area contributed by atoms with Crippen molar-refractivity contribution in [3.05, 3.63) is 29.8 Å². The predicted octanol–water partition coefficient (Wildman–Crippen LogP) is 3.28. The van der Waals surface area contributed by atoms with Gasteiger partial charge in [0.2, 0.25) is 0 Å². The highest BCUT2D eigenvalue weighted by Crippen LogP contribution is 2.41. The number of benzene rings is 1. The lowest BCUT2D eigenvalue weighted by atomic mass is 9.67. The van der Waals surface area contributed by atoms with Crippen LogP contribution >= 0.6 is 0 Å². The van der Waals surface area contributed by atoms with Crippen molar-refractivity contribution in [3.63, 3.8) is 0 Å². The van der Waals surface area contributed by atoms with Crippen LogP contribution in [0.25, 0.3) is 0 Å². The highest BCUT2D eigenvalue weighted by molar-refractivity contribution is 5.27. The maximum Gasteiger partial charge on any atom is 0.118 e. The Kier molecular flexibility index (Phi) is 5.28. The molecule has 0 radical (unpaired) electrons. The standard InChI is InChI=1S/C18H30N2O/c1-14-6-5-11-18(13-19,15(14)2)20(3)12-16-7-9-17(21-4)10-8-16/h7-10,14-15H,5-6,11-13,19H2,1-4H3. The number of methoxy groups -OCH3 is 1. The van der Waals surface area contributed by atoms with E-state index in [1.807, 2.05) is 12.1 Å². The first-order valence-electron chi connectivity index (χ1n) is 8.07. The highest BCUT2D eigenvalue weighted by atomic mass is 16.5. The zero-order valence-electron chi connectivity index (χ0n) is 13.9. The Balaban J connectivity index is 2.13. The van der Waals surface area contributed by atoms with Gasteiger partial charge in [-0.1, -0.05) is 38.8 Å². The molecule has 1 aliphatic rings. The van der Waals surface area contributed by atoms with Gasteiger partial charge in [0.25, 0.3) is 0 Å². The molecule has 1 saturated carbocycles. The Morgan fingerprint density at radius 3 is 2.52 bits per heavy atom. The molecular formula is C18H30N2O. The maximum absolute atomic E-state index is 6.23. The molecular weight excluding hydrogens is 260 g/mol. The second-order valence-electron chi connectivity index (χ2n) is 6.67. The average molecular weight is 290 g/mol. The summed E-state index contributed by atoms with van der Waals surface area (Å²) in [5.74, 6) is 2.30. The SMILES string of the molecule is COc1ccc(CN(C)C2(CN)CCCC(C)C2C)cc1. The first-order chi connectivity index (χ1) is 10.0. The summed E-state index contributed by atoms with van der Waals surface area (Å²) < 4.78 is 5.23. The van der Waals surface area contributed by atoms with Gasteiger partial charge < -0.3 is 10.5 Å². The zero-order chi connectivity index (χ0) is 15.5. The number of hydrogen-bond donors (Lipinski definition) is 1. The maximum atomic E-state index is 6.23. The normalized spacial score (nSPS) is 29.6. The van der Waals surface area contributed by atoms with Crippen LogP contribution in [0.15, 0.2) is 24.3 Å². The number of nitrogens with zero attached hydrogens (tertiary/aromatic N) is 1. The number of likely N-dealkylation sites (N-methyl/N-ethyl adjacent to an activating group) is 1. The van der Waals surface area contributed by atoms with E-state index >= 15 is 0 Å². The van der Waals surface area contributed by atoms with E-state index in [0.717, 1.165) is 24.8 Å². The molecule has 3 nitrogen and oxygen atoms in total. The largest absolute Gasteiger partial charge is 0.497 e. The number of ether oxygens (including phenoxy) is 1. The summed E-state index contributed by atoms with van der Waals surface area (Å²) in [6.07, 6.45) is 3.83. The van der Waals surface area contributed by atoms with Crippen LogP contribution in [0.4, 0.5) is 0 Å². The van der Waals surface area contributed by atoms with E-state index in [-0.39, 0.29) is 5.54 Å². The Morgan fingerprint density at radius 2 is 1.95 bits per heavy atom. The van der Waals surface area contributed by atoms with Crippen LogP contribution in [0.1, 0.15) is 38.7 Å². The third-order valence-electron chi connectivity index (χ3n) is 5.66. The predicted molar refractivity (Wildman–Crippen MR) is 88.4 cm³/mol. The van der Waals surface area contributed by atoms with Gasteiger partial charge in [-0.15, -0.1) is 0 Å². The molecule has 0 bridgehead atoms. The molecule has 3 heteroatoms. The minimum atomic E-state index is 0.137. The van der Waals surface area contributed by atoms with Crippen LogP contribution in [-0.4, -0.2) is 31.1 Å². The molecule has 1 aromatic rings. The quantitative estimate of drug-likeness (QED) is 0.904. The lowest BCUT2D eigenvalue weighted by molar-refractivity contribution is 0.00136. The number of hydrogen-bond acceptors (Lipinski definition) is 3. The summed E-state index contributed by atoms with van der Waals surface area (Å²) in [6.45, 7) is 6.43. The van der Waals surface area contributed by atoms with Crippen LogP contribution in [0, 0.1) is 11.8 Å². The molecule has 3 unspecified atom stereocenters. The smallest absolute Gasteiger partial charge is 0.118 e. The van der Waals surface area contributed by atoms with Crippen molar-refractivity contribution in [3.8, 4) is 5.75 Å². The van der Waals surface area contributed by atoms with E-state index in [0.29, 0.717) is 5.92 Å². The summed E-state index contributed by atoms with van der Waals surface area (Å²) in [5.41, 5.74) is 7.68. The highest BCUT2D eigenvalue weighted by Gasteiger charge is 2.43. The summed E-state index contributed by atoms with van der Waals surface area (Å²) in [5, 5.41) is 0. The molecule has 21 heavy (non-hydrogen) atoms. The summed E-state index contributed by atoms with van der Waals surface area (Å²) in [6, 6.07) is 8.36. The van der Waals surface area contributed by atoms with Gasteiger partial charge in [-0.05, 0) is 43.0 Å². The lowest BCUT2D eigenvalue weighted by Gasteiger charge is -2.51. The molecule has 1 aromatic carbocycles. The topological polar surface area (TPSA) is 38.5 Å². The monoisotopic (exact) mass is 290 g/mol. The fourth-order valence-corrected chi connectivity index (χ4v) is 3.88. The first kappa shape index (κ1) is 16.3. The van der Waals surface area contributed by atoms with E-state index in [1.54, 1.807) is 7.11 Å². The van der Waals surface area contributed by atoms with Gasteiger partial charge in [-0.3, -0.25) is 4.90 Å². The van der Waals surface area contributed by atoms with Gasteiger partial charge in [0, 0.05) is 18.6 Å². The lowest BCUT2D eigenvalue weighted by Crippen LogP contribution is -2.59. The van der Waals surface area contributed by atoms with Crippen LogP contribution in [-0.2, 0) is 6.54 Å². The van der Waals surface area contributed by atoms with Gasteiger partial charge in [0.05, 0.1) is 7.11 Å². The fourth-order valence-electron chi connectivity index (χ4n) is 3.88. The number of nitrogens with two attached hydrogens (primary N) is 1. The van der Waals surface area contributed by atoms with Gasteiger partial charge in [-0.25, -0.2) is 0 Å². The van der Waals surface area contributed by atoms with E-state index in [4.69, 9.17) is 10.5 Å². The fraction of sp³-hybridized carbons (Fsp3) is 0.667. The molecule has 3 atom stereocenters.